The van der Waals surface area contributed by atoms with E-state index in [1.807, 2.05) is 0 Å². The largest absolute Gasteiger partial charge is 0.478 e. The quantitative estimate of drug-likeness (QED) is 0.783. The average molecular weight is 287 g/mol. The summed E-state index contributed by atoms with van der Waals surface area (Å²) >= 11 is 0. The molecule has 1 aromatic heterocycles. The van der Waals surface area contributed by atoms with Crippen LogP contribution in [0.4, 0.5) is 0 Å². The summed E-state index contributed by atoms with van der Waals surface area (Å²) in [6, 6.07) is 8.05. The fourth-order valence-electron chi connectivity index (χ4n) is 1.77. The van der Waals surface area contributed by atoms with Gasteiger partial charge < -0.3 is 15.3 Å². The minimum absolute atomic E-state index is 0.0609. The van der Waals surface area contributed by atoms with E-state index in [4.69, 9.17) is 15.3 Å². The third kappa shape index (κ3) is 2.86. The minimum atomic E-state index is -1.37. The predicted molar refractivity (Wildman–Crippen MR) is 70.6 cm³/mol. The van der Waals surface area contributed by atoms with Gasteiger partial charge in [0.25, 0.3) is 0 Å². The molecule has 0 bridgehead atoms. The summed E-state index contributed by atoms with van der Waals surface area (Å²) in [6.07, 6.45) is 0. The van der Waals surface area contributed by atoms with Crippen LogP contribution in [0.1, 0.15) is 31.3 Å². The van der Waals surface area contributed by atoms with Gasteiger partial charge in [-0.2, -0.15) is 0 Å². The Morgan fingerprint density at radius 2 is 1.38 bits per heavy atom. The van der Waals surface area contributed by atoms with E-state index < -0.39 is 23.6 Å². The number of carboxylic acids is 3. The molecule has 2 aromatic rings. The SMILES string of the molecule is O=C(O)c1ccc(-c2ccc(C(=O)O)nc2C(=O)O)cc1. The number of carboxylic acid groups (broad SMARTS) is 3. The molecule has 0 saturated carbocycles. The van der Waals surface area contributed by atoms with Crippen LogP contribution in [-0.2, 0) is 0 Å². The molecule has 0 spiro atoms. The maximum atomic E-state index is 11.2. The Labute approximate surface area is 118 Å². The molecule has 106 valence electrons. The highest BCUT2D eigenvalue weighted by Gasteiger charge is 2.17. The van der Waals surface area contributed by atoms with Crippen LogP contribution in [0.15, 0.2) is 36.4 Å². The molecular weight excluding hydrogens is 278 g/mol. The standard InChI is InChI=1S/C14H9NO6/c16-12(17)8-3-1-7(2-4-8)9-5-6-10(13(18)19)15-11(9)14(20)21/h1-6H,(H,16,17)(H,18,19)(H,20,21). The Morgan fingerprint density at radius 3 is 1.86 bits per heavy atom. The van der Waals surface area contributed by atoms with E-state index in [9.17, 15) is 14.4 Å². The van der Waals surface area contributed by atoms with E-state index in [1.165, 1.54) is 36.4 Å². The van der Waals surface area contributed by atoms with Gasteiger partial charge >= 0.3 is 17.9 Å². The molecule has 0 atom stereocenters. The summed E-state index contributed by atoms with van der Waals surface area (Å²) in [5.41, 5.74) is -0.0756. The zero-order valence-corrected chi connectivity index (χ0v) is 10.5. The maximum Gasteiger partial charge on any atom is 0.355 e. The molecular formula is C14H9NO6. The van der Waals surface area contributed by atoms with E-state index in [1.54, 1.807) is 0 Å². The van der Waals surface area contributed by atoms with Crippen molar-refractivity contribution in [2.75, 3.05) is 0 Å². The van der Waals surface area contributed by atoms with Gasteiger partial charge in [-0.25, -0.2) is 19.4 Å². The van der Waals surface area contributed by atoms with Crippen molar-refractivity contribution in [1.82, 2.24) is 4.98 Å². The van der Waals surface area contributed by atoms with E-state index >= 15 is 0 Å². The summed E-state index contributed by atoms with van der Waals surface area (Å²) < 4.78 is 0. The maximum absolute atomic E-state index is 11.2. The van der Waals surface area contributed by atoms with Gasteiger partial charge in [0.05, 0.1) is 5.56 Å². The molecule has 0 aliphatic heterocycles. The number of pyridine rings is 1. The van der Waals surface area contributed by atoms with Crippen molar-refractivity contribution in [3.05, 3.63) is 53.3 Å². The first-order valence-electron chi connectivity index (χ1n) is 5.71. The summed E-state index contributed by atoms with van der Waals surface area (Å²) in [5, 5.41) is 26.8. The second-order valence-corrected chi connectivity index (χ2v) is 4.09. The van der Waals surface area contributed by atoms with Crippen molar-refractivity contribution >= 4 is 17.9 Å². The Morgan fingerprint density at radius 1 is 0.762 bits per heavy atom. The van der Waals surface area contributed by atoms with Crippen LogP contribution in [0.25, 0.3) is 11.1 Å². The normalized spacial score (nSPS) is 10.1. The van der Waals surface area contributed by atoms with E-state index in [0.29, 0.717) is 5.56 Å². The number of hydrogen-bond donors (Lipinski definition) is 3. The lowest BCUT2D eigenvalue weighted by atomic mass is 10.0. The Kier molecular flexibility index (Phi) is 3.66. The highest BCUT2D eigenvalue weighted by Crippen LogP contribution is 2.23. The summed E-state index contributed by atoms with van der Waals surface area (Å²) in [4.78, 5) is 36.4. The van der Waals surface area contributed by atoms with Gasteiger partial charge in [-0.3, -0.25) is 0 Å². The summed E-state index contributed by atoms with van der Waals surface area (Å²) in [5.74, 6) is -3.79. The molecule has 1 aromatic carbocycles. The van der Waals surface area contributed by atoms with Crippen LogP contribution in [0, 0.1) is 0 Å². The molecule has 1 heterocycles. The Bertz CT molecular complexity index is 736. The number of hydrogen-bond acceptors (Lipinski definition) is 4. The number of benzene rings is 1. The first-order chi connectivity index (χ1) is 9.90. The molecule has 0 fully saturated rings. The second-order valence-electron chi connectivity index (χ2n) is 4.09. The number of nitrogens with zero attached hydrogens (tertiary/aromatic N) is 1. The Hall–Kier alpha value is -3.22. The van der Waals surface area contributed by atoms with Crippen molar-refractivity contribution in [3.8, 4) is 11.1 Å². The molecule has 0 radical (unpaired) electrons. The minimum Gasteiger partial charge on any atom is -0.478 e. The van der Waals surface area contributed by atoms with Crippen molar-refractivity contribution in [3.63, 3.8) is 0 Å². The van der Waals surface area contributed by atoms with Gasteiger partial charge in [0.2, 0.25) is 0 Å². The Balaban J connectivity index is 2.54. The second kappa shape index (κ2) is 5.41. The molecule has 2 rings (SSSR count). The van der Waals surface area contributed by atoms with E-state index in [0.717, 1.165) is 0 Å². The van der Waals surface area contributed by atoms with Crippen LogP contribution < -0.4 is 0 Å². The van der Waals surface area contributed by atoms with Crippen molar-refractivity contribution in [2.24, 2.45) is 0 Å². The fourth-order valence-corrected chi connectivity index (χ4v) is 1.77. The highest BCUT2D eigenvalue weighted by atomic mass is 16.4. The van der Waals surface area contributed by atoms with Gasteiger partial charge in [0.15, 0.2) is 5.69 Å². The first-order valence-corrected chi connectivity index (χ1v) is 5.71. The molecule has 7 nitrogen and oxygen atoms in total. The molecule has 0 aliphatic rings. The third-order valence-corrected chi connectivity index (χ3v) is 2.76. The van der Waals surface area contributed by atoms with Gasteiger partial charge in [0.1, 0.15) is 5.69 Å². The van der Waals surface area contributed by atoms with Gasteiger partial charge in [-0.15, -0.1) is 0 Å². The average Bonchev–Trinajstić information content (AvgIpc) is 2.46. The van der Waals surface area contributed by atoms with Gasteiger partial charge in [0, 0.05) is 5.56 Å². The number of aromatic nitrogens is 1. The smallest absolute Gasteiger partial charge is 0.355 e. The third-order valence-electron chi connectivity index (χ3n) is 2.76. The lowest BCUT2D eigenvalue weighted by molar-refractivity contribution is 0.0675. The number of carbonyl (C=O) groups is 3. The van der Waals surface area contributed by atoms with E-state index in [2.05, 4.69) is 4.98 Å². The van der Waals surface area contributed by atoms with Crippen LogP contribution in [0.2, 0.25) is 0 Å². The molecule has 3 N–H and O–H groups in total. The lowest BCUT2D eigenvalue weighted by Crippen LogP contribution is -2.09. The summed E-state index contributed by atoms with van der Waals surface area (Å²) in [6.45, 7) is 0. The molecule has 21 heavy (non-hydrogen) atoms. The van der Waals surface area contributed by atoms with Crippen LogP contribution in [0.3, 0.4) is 0 Å². The molecule has 0 unspecified atom stereocenters. The molecule has 0 saturated heterocycles. The van der Waals surface area contributed by atoms with Gasteiger partial charge in [-0.05, 0) is 29.8 Å². The highest BCUT2D eigenvalue weighted by molar-refractivity contribution is 5.96. The van der Waals surface area contributed by atoms with Gasteiger partial charge in [-0.1, -0.05) is 12.1 Å². The van der Waals surface area contributed by atoms with E-state index in [-0.39, 0.29) is 16.8 Å². The van der Waals surface area contributed by atoms with Crippen LogP contribution in [0.5, 0.6) is 0 Å². The zero-order valence-electron chi connectivity index (χ0n) is 10.5. The molecule has 0 amide bonds. The fraction of sp³-hybridized carbons (Fsp3) is 0. The predicted octanol–water partition coefficient (Wildman–Crippen LogP) is 1.84. The first kappa shape index (κ1) is 14.2. The van der Waals surface area contributed by atoms with Crippen molar-refractivity contribution < 1.29 is 29.7 Å². The van der Waals surface area contributed by atoms with Crippen molar-refractivity contribution in [2.45, 2.75) is 0 Å². The number of aromatic carboxylic acids is 3. The topological polar surface area (TPSA) is 125 Å². The van der Waals surface area contributed by atoms with Crippen molar-refractivity contribution in [1.29, 1.82) is 0 Å². The zero-order chi connectivity index (χ0) is 15.6. The molecule has 0 aliphatic carbocycles. The van der Waals surface area contributed by atoms with Crippen LogP contribution in [-0.4, -0.2) is 38.2 Å². The lowest BCUT2D eigenvalue weighted by Gasteiger charge is -2.07. The van der Waals surface area contributed by atoms with Crippen LogP contribution >= 0.6 is 0 Å². The molecule has 7 heteroatoms. The number of rotatable bonds is 4. The summed E-state index contributed by atoms with van der Waals surface area (Å²) in [7, 11) is 0. The monoisotopic (exact) mass is 287 g/mol.